The van der Waals surface area contributed by atoms with E-state index in [0.29, 0.717) is 5.56 Å². The average molecular weight is 734 g/mol. The van der Waals surface area contributed by atoms with Crippen LogP contribution in [-0.4, -0.2) is 0 Å². The summed E-state index contributed by atoms with van der Waals surface area (Å²) in [6.45, 7) is 0. The topological polar surface area (TPSA) is 23.8 Å². The second kappa shape index (κ2) is 13.7. The van der Waals surface area contributed by atoms with Gasteiger partial charge in [0.05, 0.1) is 11.6 Å². The average Bonchev–Trinajstić information content (AvgIpc) is 3.64. The van der Waals surface area contributed by atoms with Crippen molar-refractivity contribution in [3.63, 3.8) is 0 Å². The molecule has 1 nitrogen and oxygen atoms in total. The van der Waals surface area contributed by atoms with E-state index in [4.69, 9.17) is 0 Å². The van der Waals surface area contributed by atoms with E-state index >= 15 is 0 Å². The van der Waals surface area contributed by atoms with Gasteiger partial charge in [0, 0.05) is 0 Å². The molecule has 0 unspecified atom stereocenters. The van der Waals surface area contributed by atoms with Crippen molar-refractivity contribution < 1.29 is 0 Å². The molecule has 11 rings (SSSR count). The van der Waals surface area contributed by atoms with Crippen molar-refractivity contribution in [2.24, 2.45) is 0 Å². The monoisotopic (exact) mass is 733 g/mol. The van der Waals surface area contributed by atoms with E-state index < -0.39 is 0 Å². The molecule has 0 aliphatic heterocycles. The Labute approximate surface area is 338 Å². The zero-order valence-corrected chi connectivity index (χ0v) is 31.7. The number of rotatable bonds is 6. The molecule has 0 N–H and O–H groups in total. The Balaban J connectivity index is 1.26. The van der Waals surface area contributed by atoms with Gasteiger partial charge in [-0.3, -0.25) is 0 Å². The summed E-state index contributed by atoms with van der Waals surface area (Å²) in [4.78, 5) is 0. The molecule has 10 aromatic rings. The van der Waals surface area contributed by atoms with Crippen molar-refractivity contribution in [1.29, 1.82) is 5.26 Å². The molecule has 0 saturated heterocycles. The van der Waals surface area contributed by atoms with Crippen LogP contribution in [0.5, 0.6) is 0 Å². The maximum Gasteiger partial charge on any atom is 0.0991 e. The van der Waals surface area contributed by atoms with Crippen LogP contribution in [0.2, 0.25) is 0 Å². The third-order valence-corrected chi connectivity index (χ3v) is 11.9. The fourth-order valence-electron chi connectivity index (χ4n) is 9.43. The fourth-order valence-corrected chi connectivity index (χ4v) is 9.43. The van der Waals surface area contributed by atoms with E-state index in [1.165, 1.54) is 99.4 Å². The molecule has 0 amide bonds. The predicted molar refractivity (Wildman–Crippen MR) is 243 cm³/mol. The Hall–Kier alpha value is -7.79. The van der Waals surface area contributed by atoms with E-state index in [9.17, 15) is 5.26 Å². The molecule has 0 heterocycles. The number of nitrogens with zero attached hydrogens (tertiary/aromatic N) is 1. The van der Waals surface area contributed by atoms with Crippen LogP contribution in [0.25, 0.3) is 111 Å². The number of nitriles is 1. The van der Waals surface area contributed by atoms with Gasteiger partial charge in [0.25, 0.3) is 0 Å². The van der Waals surface area contributed by atoms with E-state index in [1.54, 1.807) is 0 Å². The molecular weight excluding hydrogens is 699 g/mol. The van der Waals surface area contributed by atoms with Crippen LogP contribution >= 0.6 is 0 Å². The smallest absolute Gasteiger partial charge is 0.0991 e. The van der Waals surface area contributed by atoms with Gasteiger partial charge in [0.2, 0.25) is 0 Å². The van der Waals surface area contributed by atoms with Crippen LogP contribution in [0, 0.1) is 11.3 Å². The van der Waals surface area contributed by atoms with E-state index in [2.05, 4.69) is 206 Å². The molecule has 0 bridgehead atoms. The van der Waals surface area contributed by atoms with Crippen molar-refractivity contribution in [3.05, 3.63) is 218 Å². The summed E-state index contributed by atoms with van der Waals surface area (Å²) < 4.78 is 0. The Morgan fingerprint density at radius 1 is 0.241 bits per heavy atom. The predicted octanol–water partition coefficient (Wildman–Crippen LogP) is 15.5. The molecule has 0 saturated carbocycles. The Bertz CT molecular complexity index is 3110. The minimum Gasteiger partial charge on any atom is -0.192 e. The zero-order valence-electron chi connectivity index (χ0n) is 31.7. The molecule has 0 fully saturated rings. The van der Waals surface area contributed by atoms with Crippen LogP contribution in [0.1, 0.15) is 5.56 Å². The van der Waals surface area contributed by atoms with Crippen LogP contribution in [-0.2, 0) is 0 Å². The maximum atomic E-state index is 9.45. The van der Waals surface area contributed by atoms with Gasteiger partial charge in [-0.25, -0.2) is 0 Å². The van der Waals surface area contributed by atoms with Crippen molar-refractivity contribution in [3.8, 4) is 95.1 Å². The van der Waals surface area contributed by atoms with Gasteiger partial charge >= 0.3 is 0 Å². The first-order valence-electron chi connectivity index (χ1n) is 19.8. The zero-order chi connectivity index (χ0) is 38.6. The minimum absolute atomic E-state index is 0.663. The molecule has 58 heavy (non-hydrogen) atoms. The Morgan fingerprint density at radius 3 is 1.09 bits per heavy atom. The number of benzene rings is 10. The van der Waals surface area contributed by atoms with Gasteiger partial charge in [0.15, 0.2) is 0 Å². The Morgan fingerprint density at radius 2 is 0.603 bits per heavy atom. The molecule has 268 valence electrons. The first kappa shape index (κ1) is 33.5. The highest BCUT2D eigenvalue weighted by Crippen LogP contribution is 2.61. The molecular formula is C57H35N. The quantitative estimate of drug-likeness (QED) is 0.167. The van der Waals surface area contributed by atoms with Crippen molar-refractivity contribution in [2.45, 2.75) is 0 Å². The lowest BCUT2D eigenvalue weighted by molar-refractivity contribution is 1.48. The van der Waals surface area contributed by atoms with Gasteiger partial charge in [-0.1, -0.05) is 200 Å². The van der Waals surface area contributed by atoms with Gasteiger partial charge in [-0.05, 0) is 123 Å². The van der Waals surface area contributed by atoms with Crippen LogP contribution in [0.3, 0.4) is 0 Å². The molecule has 1 aliphatic carbocycles. The summed E-state index contributed by atoms with van der Waals surface area (Å²) in [5.41, 5.74) is 20.2. The summed E-state index contributed by atoms with van der Waals surface area (Å²) in [6.07, 6.45) is 0. The molecule has 0 radical (unpaired) electrons. The summed E-state index contributed by atoms with van der Waals surface area (Å²) in [5, 5.41) is 14.4. The number of hydrogen-bond donors (Lipinski definition) is 0. The molecule has 10 aromatic carbocycles. The largest absolute Gasteiger partial charge is 0.192 e. The highest BCUT2D eigenvalue weighted by molar-refractivity contribution is 6.28. The minimum atomic E-state index is 0.663. The van der Waals surface area contributed by atoms with Gasteiger partial charge < -0.3 is 0 Å². The fraction of sp³-hybridized carbons (Fsp3) is 0. The lowest BCUT2D eigenvalue weighted by Crippen LogP contribution is -1.99. The Kier molecular flexibility index (Phi) is 7.95. The number of fused-ring (bicyclic) bond motifs is 4. The lowest BCUT2D eigenvalue weighted by atomic mass is 9.76. The van der Waals surface area contributed by atoms with Gasteiger partial charge in [-0.15, -0.1) is 0 Å². The van der Waals surface area contributed by atoms with Crippen molar-refractivity contribution in [2.75, 3.05) is 0 Å². The second-order valence-electron chi connectivity index (χ2n) is 15.0. The molecule has 0 aromatic heterocycles. The van der Waals surface area contributed by atoms with Crippen molar-refractivity contribution >= 4 is 21.5 Å². The van der Waals surface area contributed by atoms with E-state index in [1.807, 2.05) is 12.1 Å². The SMILES string of the molecule is N#Cc1ccc(-c2ccc(-c3ccc4c5c(cccc35)-c3c(-c5ccccc5)c(-c5ccccc5)c(-c5ccccc5)c(-c5ccccc5)c3-4)c3ccccc23)cc1. The summed E-state index contributed by atoms with van der Waals surface area (Å²) in [5.74, 6) is 0. The molecule has 0 atom stereocenters. The van der Waals surface area contributed by atoms with E-state index in [0.717, 1.165) is 11.1 Å². The van der Waals surface area contributed by atoms with Gasteiger partial charge in [-0.2, -0.15) is 5.26 Å². The van der Waals surface area contributed by atoms with E-state index in [-0.39, 0.29) is 0 Å². The highest BCUT2D eigenvalue weighted by Gasteiger charge is 2.34. The maximum absolute atomic E-state index is 9.45. The molecule has 1 heteroatoms. The standard InChI is InChI=1S/C57H35N/c58-36-37-28-30-38(31-29-37)43-32-33-46(45-25-14-13-24-44(43)45)47-34-35-50-55-48(47)26-15-27-49(55)56-53(41-20-9-3-10-21-41)51(39-16-5-1-6-17-39)52(40-18-7-2-8-19-40)54(57(50)56)42-22-11-4-12-23-42/h1-35H. The first-order chi connectivity index (χ1) is 28.8. The molecule has 1 aliphatic rings. The second-order valence-corrected chi connectivity index (χ2v) is 15.0. The van der Waals surface area contributed by atoms with Crippen LogP contribution in [0.4, 0.5) is 0 Å². The van der Waals surface area contributed by atoms with Crippen LogP contribution < -0.4 is 0 Å². The third-order valence-electron chi connectivity index (χ3n) is 11.9. The highest BCUT2D eigenvalue weighted by atomic mass is 14.4. The molecule has 0 spiro atoms. The first-order valence-corrected chi connectivity index (χ1v) is 19.8. The summed E-state index contributed by atoms with van der Waals surface area (Å²) in [6, 6.07) is 79.0. The van der Waals surface area contributed by atoms with Gasteiger partial charge in [0.1, 0.15) is 0 Å². The van der Waals surface area contributed by atoms with Crippen LogP contribution in [0.15, 0.2) is 212 Å². The lowest BCUT2D eigenvalue weighted by Gasteiger charge is -2.26. The summed E-state index contributed by atoms with van der Waals surface area (Å²) in [7, 11) is 0. The number of hydrogen-bond acceptors (Lipinski definition) is 1. The van der Waals surface area contributed by atoms with Crippen molar-refractivity contribution in [1.82, 2.24) is 0 Å². The summed E-state index contributed by atoms with van der Waals surface area (Å²) >= 11 is 0. The normalized spacial score (nSPS) is 11.4. The third kappa shape index (κ3) is 5.24.